The molecule has 6 nitrogen and oxygen atoms in total. The Bertz CT molecular complexity index is 1080. The molecule has 0 radical (unpaired) electrons. The second-order valence-corrected chi connectivity index (χ2v) is 6.61. The number of benzene rings is 2. The van der Waals surface area contributed by atoms with Crippen molar-refractivity contribution in [3.05, 3.63) is 76.4 Å². The Kier molecular flexibility index (Phi) is 7.67. The largest absolute Gasteiger partial charge is 0.465 e. The summed E-state index contributed by atoms with van der Waals surface area (Å²) in [6.45, 7) is 4.16. The molecule has 0 aliphatic carbocycles. The first-order chi connectivity index (χ1) is 14.4. The highest BCUT2D eigenvalue weighted by Gasteiger charge is 2.13. The van der Waals surface area contributed by atoms with Gasteiger partial charge in [-0.2, -0.15) is 10.5 Å². The van der Waals surface area contributed by atoms with Gasteiger partial charge in [0, 0.05) is 0 Å². The van der Waals surface area contributed by atoms with Gasteiger partial charge in [0.1, 0.15) is 29.0 Å². The van der Waals surface area contributed by atoms with E-state index in [9.17, 15) is 14.9 Å². The summed E-state index contributed by atoms with van der Waals surface area (Å²) in [5.41, 5.74) is 1.99. The zero-order valence-electron chi connectivity index (χ0n) is 16.9. The van der Waals surface area contributed by atoms with Crippen LogP contribution in [0.15, 0.2) is 59.7 Å². The van der Waals surface area contributed by atoms with Gasteiger partial charge in [0.2, 0.25) is 0 Å². The van der Waals surface area contributed by atoms with Crippen molar-refractivity contribution in [2.24, 2.45) is 0 Å². The number of hydrogen-bond donors (Lipinski definition) is 0. The van der Waals surface area contributed by atoms with Crippen molar-refractivity contribution >= 4 is 24.1 Å². The Morgan fingerprint density at radius 1 is 0.900 bits per heavy atom. The van der Waals surface area contributed by atoms with Gasteiger partial charge in [-0.15, -0.1) is 0 Å². The number of carbonyl (C=O) groups excluding carboxylic acids is 2. The summed E-state index contributed by atoms with van der Waals surface area (Å²) in [5.74, 6) is -1.02. The summed E-state index contributed by atoms with van der Waals surface area (Å²) >= 11 is 0. The van der Waals surface area contributed by atoms with Crippen molar-refractivity contribution < 1.29 is 19.1 Å². The van der Waals surface area contributed by atoms with E-state index < -0.39 is 11.9 Å². The van der Waals surface area contributed by atoms with Crippen LogP contribution in [-0.4, -0.2) is 19.0 Å². The number of ether oxygens (including phenoxy) is 2. The van der Waals surface area contributed by atoms with Crippen LogP contribution in [0.4, 0.5) is 0 Å². The molecule has 0 spiro atoms. The summed E-state index contributed by atoms with van der Waals surface area (Å²) in [4.78, 5) is 23.9. The lowest BCUT2D eigenvalue weighted by molar-refractivity contribution is -0.135. The molecule has 0 fully saturated rings. The van der Waals surface area contributed by atoms with Crippen molar-refractivity contribution in [3.8, 4) is 17.9 Å². The molecule has 0 saturated carbocycles. The van der Waals surface area contributed by atoms with Gasteiger partial charge in [-0.05, 0) is 46.9 Å². The third-order valence-corrected chi connectivity index (χ3v) is 4.16. The maximum atomic E-state index is 12.4. The smallest absolute Gasteiger partial charge is 0.354 e. The first-order valence-electron chi connectivity index (χ1n) is 9.12. The Labute approximate surface area is 175 Å². The van der Waals surface area contributed by atoms with Gasteiger partial charge < -0.3 is 9.47 Å². The van der Waals surface area contributed by atoms with Gasteiger partial charge in [-0.3, -0.25) is 0 Å². The molecule has 0 aliphatic rings. The van der Waals surface area contributed by atoms with Crippen LogP contribution in [0, 0.1) is 22.7 Å². The summed E-state index contributed by atoms with van der Waals surface area (Å²) < 4.78 is 9.82. The van der Waals surface area contributed by atoms with Crippen molar-refractivity contribution in [2.45, 2.75) is 19.8 Å². The highest BCUT2D eigenvalue weighted by Crippen LogP contribution is 2.19. The van der Waals surface area contributed by atoms with Crippen molar-refractivity contribution in [1.82, 2.24) is 0 Å². The maximum Gasteiger partial charge on any atom is 0.354 e. The fourth-order valence-electron chi connectivity index (χ4n) is 2.52. The van der Waals surface area contributed by atoms with E-state index in [0.717, 1.165) is 5.56 Å². The lowest BCUT2D eigenvalue weighted by atomic mass is 10.0. The van der Waals surface area contributed by atoms with E-state index in [-0.39, 0.29) is 16.9 Å². The van der Waals surface area contributed by atoms with E-state index in [2.05, 4.69) is 18.6 Å². The fourth-order valence-corrected chi connectivity index (χ4v) is 2.52. The minimum atomic E-state index is -0.806. The number of nitrogens with zero attached hydrogens (tertiary/aromatic N) is 2. The van der Waals surface area contributed by atoms with Crippen LogP contribution in [-0.2, 0) is 14.3 Å². The summed E-state index contributed by atoms with van der Waals surface area (Å²) in [5, 5.41) is 18.4. The number of carbonyl (C=O) groups is 2. The Morgan fingerprint density at radius 2 is 1.50 bits per heavy atom. The number of nitriles is 2. The number of rotatable bonds is 6. The molecule has 0 heterocycles. The van der Waals surface area contributed by atoms with E-state index >= 15 is 0 Å². The Hall–Kier alpha value is -4.16. The van der Waals surface area contributed by atoms with Crippen LogP contribution in [0.1, 0.15) is 36.5 Å². The maximum absolute atomic E-state index is 12.4. The zero-order chi connectivity index (χ0) is 22.1. The van der Waals surface area contributed by atoms with Crippen LogP contribution < -0.4 is 4.74 Å². The second kappa shape index (κ2) is 10.4. The molecule has 150 valence electrons. The third-order valence-electron chi connectivity index (χ3n) is 4.16. The number of esters is 2. The molecule has 2 aromatic carbocycles. The molecule has 0 aliphatic heterocycles. The van der Waals surface area contributed by atoms with Crippen LogP contribution in [0.25, 0.3) is 12.2 Å². The van der Waals surface area contributed by atoms with Crippen LogP contribution in [0.3, 0.4) is 0 Å². The second-order valence-electron chi connectivity index (χ2n) is 6.61. The van der Waals surface area contributed by atoms with Crippen molar-refractivity contribution in [2.75, 3.05) is 7.11 Å². The Morgan fingerprint density at radius 3 is 2.07 bits per heavy atom. The molecule has 0 N–H and O–H groups in total. The molecular formula is C24H20N2O4. The minimum Gasteiger partial charge on any atom is -0.465 e. The van der Waals surface area contributed by atoms with E-state index in [4.69, 9.17) is 10.00 Å². The van der Waals surface area contributed by atoms with Gasteiger partial charge in [-0.1, -0.05) is 50.2 Å². The van der Waals surface area contributed by atoms with Crippen LogP contribution in [0.5, 0.6) is 5.75 Å². The molecular weight excluding hydrogens is 380 g/mol. The standard InChI is InChI=1S/C24H20N2O4/c1-16(2)19-9-7-17(8-10-19)11-21(15-26)24(28)30-22-6-4-5-18(13-22)12-20(14-25)23(27)29-3/h4-13,16H,1-3H3/b20-12+,21-11+. The van der Waals surface area contributed by atoms with Gasteiger partial charge in [0.05, 0.1) is 7.11 Å². The highest BCUT2D eigenvalue weighted by atomic mass is 16.5. The molecule has 2 rings (SSSR count). The first-order valence-corrected chi connectivity index (χ1v) is 9.12. The predicted octanol–water partition coefficient (Wildman–Crippen LogP) is 4.40. The molecule has 0 saturated heterocycles. The van der Waals surface area contributed by atoms with Crippen molar-refractivity contribution in [3.63, 3.8) is 0 Å². The lowest BCUT2D eigenvalue weighted by Gasteiger charge is -2.06. The molecule has 0 unspecified atom stereocenters. The van der Waals surface area contributed by atoms with Gasteiger partial charge >= 0.3 is 11.9 Å². The minimum absolute atomic E-state index is 0.152. The quantitative estimate of drug-likeness (QED) is 0.308. The summed E-state index contributed by atoms with van der Waals surface area (Å²) in [6.07, 6.45) is 2.78. The summed E-state index contributed by atoms with van der Waals surface area (Å²) in [7, 11) is 1.18. The topological polar surface area (TPSA) is 100 Å². The molecule has 0 bridgehead atoms. The first kappa shape index (κ1) is 22.1. The van der Waals surface area contributed by atoms with Gasteiger partial charge in [-0.25, -0.2) is 9.59 Å². The van der Waals surface area contributed by atoms with E-state index in [0.29, 0.717) is 17.0 Å². The zero-order valence-corrected chi connectivity index (χ0v) is 16.9. The van der Waals surface area contributed by atoms with Crippen LogP contribution in [0.2, 0.25) is 0 Å². The predicted molar refractivity (Wildman–Crippen MR) is 112 cm³/mol. The highest BCUT2D eigenvalue weighted by molar-refractivity contribution is 5.99. The summed E-state index contributed by atoms with van der Waals surface area (Å²) in [6, 6.07) is 17.4. The molecule has 6 heteroatoms. The van der Waals surface area contributed by atoms with E-state index in [1.807, 2.05) is 30.3 Å². The van der Waals surface area contributed by atoms with Gasteiger partial charge in [0.15, 0.2) is 0 Å². The molecule has 0 amide bonds. The van der Waals surface area contributed by atoms with E-state index in [1.165, 1.54) is 31.4 Å². The average Bonchev–Trinajstić information content (AvgIpc) is 2.75. The molecule has 30 heavy (non-hydrogen) atoms. The SMILES string of the molecule is COC(=O)/C(C#N)=C/c1cccc(OC(=O)/C(C#N)=C/c2ccc(C(C)C)cc2)c1. The molecule has 2 aromatic rings. The lowest BCUT2D eigenvalue weighted by Crippen LogP contribution is -2.10. The normalized spacial score (nSPS) is 11.4. The Balaban J connectivity index is 2.22. The van der Waals surface area contributed by atoms with E-state index in [1.54, 1.807) is 18.2 Å². The number of hydrogen-bond acceptors (Lipinski definition) is 6. The molecule has 0 aromatic heterocycles. The monoisotopic (exact) mass is 400 g/mol. The van der Waals surface area contributed by atoms with Crippen LogP contribution >= 0.6 is 0 Å². The number of methoxy groups -OCH3 is 1. The van der Waals surface area contributed by atoms with Gasteiger partial charge in [0.25, 0.3) is 0 Å². The molecule has 0 atom stereocenters. The third kappa shape index (κ3) is 5.92. The van der Waals surface area contributed by atoms with Crippen molar-refractivity contribution in [1.29, 1.82) is 10.5 Å². The average molecular weight is 400 g/mol. The fraction of sp³-hybridized carbons (Fsp3) is 0.167.